The zero-order valence-corrected chi connectivity index (χ0v) is 16.2. The summed E-state index contributed by atoms with van der Waals surface area (Å²) in [5.41, 5.74) is 5.44. The molecule has 1 aliphatic heterocycles. The summed E-state index contributed by atoms with van der Waals surface area (Å²) in [7, 11) is 0. The van der Waals surface area contributed by atoms with Crippen molar-refractivity contribution in [2.45, 2.75) is 47.6 Å². The van der Waals surface area contributed by atoms with Crippen molar-refractivity contribution in [3.63, 3.8) is 0 Å². The molecule has 0 atom stereocenters. The van der Waals surface area contributed by atoms with Gasteiger partial charge in [-0.25, -0.2) is 0 Å². The second kappa shape index (κ2) is 7.16. The van der Waals surface area contributed by atoms with Crippen molar-refractivity contribution in [2.24, 2.45) is 0 Å². The van der Waals surface area contributed by atoms with E-state index in [4.69, 9.17) is 9.47 Å². The van der Waals surface area contributed by atoms with Gasteiger partial charge >= 0.3 is 0 Å². The molecule has 130 valence electrons. The molecule has 0 bridgehead atoms. The zero-order valence-electron chi connectivity index (χ0n) is 15.4. The Hall–Kier alpha value is -1.52. The normalized spacial score (nSPS) is 13.1. The number of aryl methyl sites for hydroxylation is 2. The van der Waals surface area contributed by atoms with E-state index in [9.17, 15) is 0 Å². The van der Waals surface area contributed by atoms with Crippen molar-refractivity contribution >= 4 is 11.3 Å². The first-order valence-corrected chi connectivity index (χ1v) is 9.64. The van der Waals surface area contributed by atoms with E-state index in [0.717, 1.165) is 37.6 Å². The molecule has 0 spiro atoms. The molecule has 1 aromatic carbocycles. The van der Waals surface area contributed by atoms with Gasteiger partial charge in [-0.2, -0.15) is 0 Å². The van der Waals surface area contributed by atoms with Crippen LogP contribution in [0.4, 0.5) is 0 Å². The maximum atomic E-state index is 5.66. The summed E-state index contributed by atoms with van der Waals surface area (Å²) in [6, 6.07) is 4.37. The monoisotopic (exact) mass is 345 g/mol. The van der Waals surface area contributed by atoms with Gasteiger partial charge in [-0.05, 0) is 67.7 Å². The first-order chi connectivity index (χ1) is 11.6. The Bertz CT molecular complexity index is 732. The summed E-state index contributed by atoms with van der Waals surface area (Å²) < 4.78 is 11.3. The first kappa shape index (κ1) is 17.3. The summed E-state index contributed by atoms with van der Waals surface area (Å²) in [6.07, 6.45) is 1.06. The molecule has 0 N–H and O–H groups in total. The van der Waals surface area contributed by atoms with Crippen LogP contribution in [0.25, 0.3) is 11.1 Å². The number of ether oxygens (including phenoxy) is 2. The lowest BCUT2D eigenvalue weighted by Crippen LogP contribution is -2.22. The molecule has 3 rings (SSSR count). The van der Waals surface area contributed by atoms with Crippen molar-refractivity contribution in [1.29, 1.82) is 0 Å². The van der Waals surface area contributed by atoms with Crippen LogP contribution in [0.5, 0.6) is 11.5 Å². The Morgan fingerprint density at radius 2 is 1.71 bits per heavy atom. The van der Waals surface area contributed by atoms with Crippen molar-refractivity contribution in [3.8, 4) is 22.6 Å². The summed E-state index contributed by atoms with van der Waals surface area (Å²) in [5, 5.41) is 0. The molecule has 4 heteroatoms. The molecule has 2 aromatic rings. The molecular weight excluding hydrogens is 318 g/mol. The van der Waals surface area contributed by atoms with Gasteiger partial charge < -0.3 is 9.47 Å². The van der Waals surface area contributed by atoms with Crippen LogP contribution in [0.15, 0.2) is 12.1 Å². The van der Waals surface area contributed by atoms with Crippen LogP contribution in [-0.2, 0) is 13.0 Å². The lowest BCUT2D eigenvalue weighted by Gasteiger charge is -2.21. The van der Waals surface area contributed by atoms with Crippen molar-refractivity contribution < 1.29 is 9.47 Å². The van der Waals surface area contributed by atoms with Crippen LogP contribution >= 0.6 is 11.3 Å². The van der Waals surface area contributed by atoms with Crippen molar-refractivity contribution in [2.75, 3.05) is 19.9 Å². The van der Waals surface area contributed by atoms with E-state index < -0.39 is 0 Å². The third kappa shape index (κ3) is 3.05. The van der Waals surface area contributed by atoms with E-state index in [0.29, 0.717) is 6.79 Å². The molecule has 0 aliphatic carbocycles. The lowest BCUT2D eigenvalue weighted by molar-refractivity contribution is 0.174. The molecule has 0 radical (unpaired) electrons. The van der Waals surface area contributed by atoms with Gasteiger partial charge in [0.15, 0.2) is 11.5 Å². The summed E-state index contributed by atoms with van der Waals surface area (Å²) in [5.74, 6) is 1.75. The Morgan fingerprint density at radius 1 is 1.04 bits per heavy atom. The largest absolute Gasteiger partial charge is 0.454 e. The topological polar surface area (TPSA) is 21.7 Å². The Kier molecular flexibility index (Phi) is 5.16. The van der Waals surface area contributed by atoms with Crippen molar-refractivity contribution in [1.82, 2.24) is 4.90 Å². The highest BCUT2D eigenvalue weighted by Crippen LogP contribution is 2.44. The van der Waals surface area contributed by atoms with Gasteiger partial charge in [0.25, 0.3) is 0 Å². The van der Waals surface area contributed by atoms with Gasteiger partial charge in [0.05, 0.1) is 0 Å². The van der Waals surface area contributed by atoms with E-state index in [1.54, 1.807) is 0 Å². The summed E-state index contributed by atoms with van der Waals surface area (Å²) >= 11 is 1.92. The van der Waals surface area contributed by atoms with E-state index in [-0.39, 0.29) is 0 Å². The fraction of sp³-hybridized carbons (Fsp3) is 0.500. The van der Waals surface area contributed by atoms with E-state index in [1.165, 1.54) is 32.0 Å². The molecule has 24 heavy (non-hydrogen) atoms. The predicted molar refractivity (Wildman–Crippen MR) is 101 cm³/mol. The highest BCUT2D eigenvalue weighted by Gasteiger charge is 2.22. The van der Waals surface area contributed by atoms with E-state index in [1.807, 2.05) is 11.3 Å². The molecule has 0 unspecified atom stereocenters. The number of hydrogen-bond donors (Lipinski definition) is 0. The quantitative estimate of drug-likeness (QED) is 0.721. The van der Waals surface area contributed by atoms with Gasteiger partial charge in [-0.3, -0.25) is 4.90 Å². The number of rotatable bonds is 6. The summed E-state index contributed by atoms with van der Waals surface area (Å²) in [6.45, 7) is 14.5. The van der Waals surface area contributed by atoms with Gasteiger partial charge in [0, 0.05) is 16.3 Å². The number of hydrogen-bond acceptors (Lipinski definition) is 4. The summed E-state index contributed by atoms with van der Waals surface area (Å²) in [4.78, 5) is 5.32. The average Bonchev–Trinajstić information content (AvgIpc) is 3.15. The first-order valence-electron chi connectivity index (χ1n) is 8.83. The van der Waals surface area contributed by atoms with Gasteiger partial charge in [0.2, 0.25) is 6.79 Å². The molecule has 0 amide bonds. The Morgan fingerprint density at radius 3 is 2.33 bits per heavy atom. The van der Waals surface area contributed by atoms with Crippen LogP contribution in [0.3, 0.4) is 0 Å². The van der Waals surface area contributed by atoms with E-state index in [2.05, 4.69) is 51.7 Å². The SMILES string of the molecule is CCc1sc(C)c(C)c1-c1cc2c(cc1CN(CC)CC)OCO2. The highest BCUT2D eigenvalue weighted by molar-refractivity contribution is 7.12. The van der Waals surface area contributed by atoms with Crippen LogP contribution in [0, 0.1) is 13.8 Å². The highest BCUT2D eigenvalue weighted by atomic mass is 32.1. The van der Waals surface area contributed by atoms with Crippen LogP contribution in [0.1, 0.15) is 41.7 Å². The second-order valence-corrected chi connectivity index (χ2v) is 7.57. The third-order valence-corrected chi connectivity index (χ3v) is 6.29. The molecule has 1 aromatic heterocycles. The predicted octanol–water partition coefficient (Wildman–Crippen LogP) is 5.16. The second-order valence-electron chi connectivity index (χ2n) is 6.26. The zero-order chi connectivity index (χ0) is 17.3. The molecule has 2 heterocycles. The molecule has 1 aliphatic rings. The number of fused-ring (bicyclic) bond motifs is 1. The van der Waals surface area contributed by atoms with Crippen LogP contribution < -0.4 is 9.47 Å². The average molecular weight is 346 g/mol. The molecule has 0 saturated heterocycles. The fourth-order valence-electron chi connectivity index (χ4n) is 3.33. The maximum Gasteiger partial charge on any atom is 0.231 e. The Labute approximate surface area is 149 Å². The standard InChI is InChI=1S/C20H27NO2S/c1-6-19-20(13(4)14(5)24-19)16-10-18-17(22-12-23-18)9-15(16)11-21(7-2)8-3/h9-10H,6-8,11-12H2,1-5H3. The minimum Gasteiger partial charge on any atom is -0.454 e. The number of benzene rings is 1. The smallest absolute Gasteiger partial charge is 0.231 e. The molecule has 0 fully saturated rings. The minimum atomic E-state index is 0.325. The van der Waals surface area contributed by atoms with E-state index >= 15 is 0 Å². The minimum absolute atomic E-state index is 0.325. The Balaban J connectivity index is 2.15. The third-order valence-electron chi connectivity index (χ3n) is 4.94. The maximum absolute atomic E-state index is 5.66. The fourth-order valence-corrected chi connectivity index (χ4v) is 4.47. The number of nitrogens with zero attached hydrogens (tertiary/aromatic N) is 1. The molecule has 0 saturated carbocycles. The van der Waals surface area contributed by atoms with Gasteiger partial charge in [-0.1, -0.05) is 20.8 Å². The number of thiophene rings is 1. The van der Waals surface area contributed by atoms with Crippen LogP contribution in [0.2, 0.25) is 0 Å². The lowest BCUT2D eigenvalue weighted by atomic mass is 9.94. The van der Waals surface area contributed by atoms with Gasteiger partial charge in [-0.15, -0.1) is 11.3 Å². The van der Waals surface area contributed by atoms with Crippen LogP contribution in [-0.4, -0.2) is 24.8 Å². The van der Waals surface area contributed by atoms with Crippen molar-refractivity contribution in [3.05, 3.63) is 33.0 Å². The molecular formula is C20H27NO2S. The van der Waals surface area contributed by atoms with Gasteiger partial charge in [0.1, 0.15) is 0 Å². The molecule has 3 nitrogen and oxygen atoms in total.